The Hall–Kier alpha value is -5.55. The molecule has 0 fully saturated rings. The summed E-state index contributed by atoms with van der Waals surface area (Å²) >= 11 is 0. The van der Waals surface area contributed by atoms with Gasteiger partial charge in [0.05, 0.1) is 22.3 Å². The Morgan fingerprint density at radius 1 is 0.605 bits per heavy atom. The third-order valence-electron chi connectivity index (χ3n) is 7.90. The van der Waals surface area contributed by atoms with Crippen molar-refractivity contribution in [3.05, 3.63) is 138 Å². The Kier molecular flexibility index (Phi) is 6.55. The van der Waals surface area contributed by atoms with Crippen LogP contribution in [0.2, 0.25) is 0 Å². The molecule has 0 unspecified atom stereocenters. The topological polar surface area (TPSA) is 63.8 Å². The van der Waals surface area contributed by atoms with Gasteiger partial charge in [-0.15, -0.1) is 0 Å². The number of aromatic nitrogens is 4. The van der Waals surface area contributed by atoms with Crippen LogP contribution in [0, 0.1) is 20.8 Å². The van der Waals surface area contributed by atoms with Gasteiger partial charge in [-0.3, -0.25) is 9.55 Å². The molecule has 0 aliphatic heterocycles. The first kappa shape index (κ1) is 26.4. The van der Waals surface area contributed by atoms with Crippen molar-refractivity contribution in [2.45, 2.75) is 20.8 Å². The molecule has 3 heterocycles. The third-order valence-corrected chi connectivity index (χ3v) is 7.90. The summed E-state index contributed by atoms with van der Waals surface area (Å²) in [5.41, 5.74) is 13.4. The monoisotopic (exact) mass is 558 g/mol. The summed E-state index contributed by atoms with van der Waals surface area (Å²) in [6.07, 6.45) is 3.42. The number of pyridine rings is 2. The summed E-state index contributed by atoms with van der Waals surface area (Å²) in [6.45, 7) is 6.50. The van der Waals surface area contributed by atoms with Gasteiger partial charge in [0.25, 0.3) is 0 Å². The van der Waals surface area contributed by atoms with E-state index in [0.717, 1.165) is 44.7 Å². The fourth-order valence-corrected chi connectivity index (χ4v) is 6.17. The van der Waals surface area contributed by atoms with Crippen molar-refractivity contribution in [2.75, 3.05) is 0 Å². The second-order valence-corrected chi connectivity index (χ2v) is 10.9. The Morgan fingerprint density at radius 2 is 1.30 bits per heavy atom. The van der Waals surface area contributed by atoms with E-state index in [-0.39, 0.29) is 5.88 Å². The Morgan fingerprint density at radius 3 is 2.05 bits per heavy atom. The zero-order valence-electron chi connectivity index (χ0n) is 24.3. The molecule has 208 valence electrons. The normalized spacial score (nSPS) is 11.2. The van der Waals surface area contributed by atoms with Crippen LogP contribution >= 0.6 is 0 Å². The molecule has 0 aliphatic rings. The molecule has 7 aromatic rings. The van der Waals surface area contributed by atoms with Gasteiger partial charge in [-0.05, 0) is 109 Å². The van der Waals surface area contributed by atoms with Crippen LogP contribution in [0.1, 0.15) is 16.7 Å². The minimum absolute atomic E-state index is 0.0544. The van der Waals surface area contributed by atoms with Crippen molar-refractivity contribution in [2.24, 2.45) is 0 Å². The molecule has 0 atom stereocenters. The van der Waals surface area contributed by atoms with Crippen LogP contribution in [-0.2, 0) is 0 Å². The first-order valence-electron chi connectivity index (χ1n) is 14.3. The third kappa shape index (κ3) is 4.75. The highest BCUT2D eigenvalue weighted by Gasteiger charge is 2.21. The summed E-state index contributed by atoms with van der Waals surface area (Å²) in [6, 6.07) is 37.2. The number of benzene rings is 4. The molecule has 0 amide bonds. The molecule has 1 N–H and O–H groups in total. The van der Waals surface area contributed by atoms with Crippen LogP contribution in [0.15, 0.2) is 122 Å². The van der Waals surface area contributed by atoms with Crippen molar-refractivity contribution >= 4 is 11.0 Å². The van der Waals surface area contributed by atoms with Crippen LogP contribution in [0.4, 0.5) is 0 Å². The van der Waals surface area contributed by atoms with Gasteiger partial charge in [-0.1, -0.05) is 54.1 Å². The van der Waals surface area contributed by atoms with E-state index in [4.69, 9.17) is 9.97 Å². The number of imidazole rings is 1. The van der Waals surface area contributed by atoms with Crippen molar-refractivity contribution in [1.82, 2.24) is 19.5 Å². The minimum Gasteiger partial charge on any atom is -0.493 e. The summed E-state index contributed by atoms with van der Waals surface area (Å²) in [7, 11) is 0. The smallest absolute Gasteiger partial charge is 0.222 e. The van der Waals surface area contributed by atoms with E-state index in [0.29, 0.717) is 11.4 Å². The Bertz CT molecular complexity index is 2090. The molecule has 4 aromatic carbocycles. The molecule has 0 radical (unpaired) electrons. The van der Waals surface area contributed by atoms with E-state index in [2.05, 4.69) is 78.9 Å². The number of aryl methyl sites for hydroxylation is 3. The number of nitrogens with zero attached hydrogens (tertiary/aromatic N) is 4. The maximum atomic E-state index is 10.8. The van der Waals surface area contributed by atoms with Gasteiger partial charge in [-0.25, -0.2) is 9.97 Å². The summed E-state index contributed by atoms with van der Waals surface area (Å²) in [5, 5.41) is 10.8. The van der Waals surface area contributed by atoms with Gasteiger partial charge in [0, 0.05) is 29.2 Å². The van der Waals surface area contributed by atoms with Crippen LogP contribution in [-0.4, -0.2) is 24.6 Å². The number of hydrogen-bond acceptors (Lipinski definition) is 4. The lowest BCUT2D eigenvalue weighted by Crippen LogP contribution is -1.97. The van der Waals surface area contributed by atoms with Gasteiger partial charge in [0.15, 0.2) is 5.82 Å². The van der Waals surface area contributed by atoms with Gasteiger partial charge < -0.3 is 5.11 Å². The fraction of sp³-hybridized carbons (Fsp3) is 0.0789. The zero-order valence-corrected chi connectivity index (χ0v) is 24.3. The van der Waals surface area contributed by atoms with E-state index < -0.39 is 0 Å². The van der Waals surface area contributed by atoms with Crippen LogP contribution < -0.4 is 0 Å². The van der Waals surface area contributed by atoms with Crippen molar-refractivity contribution < 1.29 is 5.11 Å². The minimum atomic E-state index is -0.0544. The van der Waals surface area contributed by atoms with E-state index in [9.17, 15) is 5.11 Å². The van der Waals surface area contributed by atoms with Crippen molar-refractivity contribution in [3.8, 4) is 56.5 Å². The number of hydrogen-bond donors (Lipinski definition) is 1. The number of rotatable bonds is 5. The molecular formula is C38H30N4O. The zero-order chi connectivity index (χ0) is 29.5. The van der Waals surface area contributed by atoms with Crippen molar-refractivity contribution in [1.29, 1.82) is 0 Å². The summed E-state index contributed by atoms with van der Waals surface area (Å²) in [5.74, 6) is 0.576. The standard InChI is InChI=1S/C38H30N4O/c1-24-19-25(2)35(26(3)20-24)29-22-27(21-28(23-29)33-15-7-8-17-39-33)31-13-9-16-34-36(31)41-37(32-14-10-18-40-38(32)43)42(34)30-11-5-4-6-12-30/h4-23H,1-3H3,(H,40,43). The average Bonchev–Trinajstić information content (AvgIpc) is 3.41. The Labute approximate surface area is 250 Å². The Balaban J connectivity index is 1.53. The number of para-hydroxylation sites is 2. The molecule has 3 aromatic heterocycles. The molecule has 0 spiro atoms. The summed E-state index contributed by atoms with van der Waals surface area (Å²) < 4.78 is 2.09. The maximum Gasteiger partial charge on any atom is 0.222 e. The quantitative estimate of drug-likeness (QED) is 0.229. The highest BCUT2D eigenvalue weighted by molar-refractivity contribution is 5.97. The lowest BCUT2D eigenvalue weighted by molar-refractivity contribution is 0.455. The highest BCUT2D eigenvalue weighted by atomic mass is 16.3. The second-order valence-electron chi connectivity index (χ2n) is 10.9. The molecular weight excluding hydrogens is 528 g/mol. The van der Waals surface area contributed by atoms with Gasteiger partial charge in [0.2, 0.25) is 5.88 Å². The maximum absolute atomic E-state index is 10.8. The molecule has 0 saturated heterocycles. The van der Waals surface area contributed by atoms with Gasteiger partial charge in [-0.2, -0.15) is 0 Å². The van der Waals surface area contributed by atoms with E-state index >= 15 is 0 Å². The predicted molar refractivity (Wildman–Crippen MR) is 174 cm³/mol. The molecule has 5 heteroatoms. The predicted octanol–water partition coefficient (Wildman–Crippen LogP) is 9.11. The average molecular weight is 559 g/mol. The van der Waals surface area contributed by atoms with Gasteiger partial charge >= 0.3 is 0 Å². The lowest BCUT2D eigenvalue weighted by Gasteiger charge is -2.15. The van der Waals surface area contributed by atoms with Crippen LogP contribution in [0.25, 0.3) is 61.6 Å². The van der Waals surface area contributed by atoms with E-state index in [1.54, 1.807) is 6.20 Å². The molecule has 0 aliphatic carbocycles. The number of fused-ring (bicyclic) bond motifs is 1. The summed E-state index contributed by atoms with van der Waals surface area (Å²) in [4.78, 5) is 14.0. The molecule has 0 bridgehead atoms. The molecule has 5 nitrogen and oxygen atoms in total. The molecule has 0 saturated carbocycles. The van der Waals surface area contributed by atoms with E-state index in [1.807, 2.05) is 66.9 Å². The second kappa shape index (κ2) is 10.7. The van der Waals surface area contributed by atoms with Gasteiger partial charge in [0.1, 0.15) is 0 Å². The molecule has 7 rings (SSSR count). The largest absolute Gasteiger partial charge is 0.493 e. The first-order valence-corrected chi connectivity index (χ1v) is 14.3. The SMILES string of the molecule is Cc1cc(C)c(-c2cc(-c3ccccn3)cc(-c3cccc4c3nc(-c3cccnc3O)n4-c3ccccc3)c2)c(C)c1. The first-order chi connectivity index (χ1) is 21.0. The fourth-order valence-electron chi connectivity index (χ4n) is 6.17. The highest BCUT2D eigenvalue weighted by Crippen LogP contribution is 2.40. The van der Waals surface area contributed by atoms with E-state index in [1.165, 1.54) is 22.3 Å². The van der Waals surface area contributed by atoms with Crippen LogP contribution in [0.5, 0.6) is 5.88 Å². The van der Waals surface area contributed by atoms with Crippen LogP contribution in [0.3, 0.4) is 0 Å². The number of aromatic hydroxyl groups is 1. The lowest BCUT2D eigenvalue weighted by atomic mass is 9.89. The van der Waals surface area contributed by atoms with Crippen molar-refractivity contribution in [3.63, 3.8) is 0 Å². The molecule has 43 heavy (non-hydrogen) atoms.